The van der Waals surface area contributed by atoms with Crippen molar-refractivity contribution in [3.05, 3.63) is 77.5 Å². The predicted octanol–water partition coefficient (Wildman–Crippen LogP) is 3.95. The van der Waals surface area contributed by atoms with Gasteiger partial charge in [-0.1, -0.05) is 19.1 Å². The Morgan fingerprint density at radius 3 is 2.23 bits per heavy atom. The summed E-state index contributed by atoms with van der Waals surface area (Å²) in [6.07, 6.45) is 3.07. The van der Waals surface area contributed by atoms with Crippen molar-refractivity contribution in [2.24, 2.45) is 0 Å². The summed E-state index contributed by atoms with van der Waals surface area (Å²) in [6.45, 7) is 6.72. The third-order valence-corrected chi connectivity index (χ3v) is 7.49. The number of aromatic nitrogens is 6. The van der Waals surface area contributed by atoms with Gasteiger partial charge in [0, 0.05) is 24.0 Å². The molecule has 3 aromatic heterocycles. The van der Waals surface area contributed by atoms with Gasteiger partial charge in [-0.3, -0.25) is 19.3 Å². The number of aryl methyl sites for hydroxylation is 2. The van der Waals surface area contributed by atoms with E-state index in [9.17, 15) is 17.2 Å². The second-order valence-corrected chi connectivity index (χ2v) is 10.2. The quantitative estimate of drug-likeness (QED) is 0.409. The van der Waals surface area contributed by atoms with E-state index in [4.69, 9.17) is 0 Å². The van der Waals surface area contributed by atoms with Gasteiger partial charge in [0.2, 0.25) is 16.0 Å². The number of sulfonamides is 1. The van der Waals surface area contributed by atoms with Crippen molar-refractivity contribution >= 4 is 16.0 Å². The number of pyridine rings is 1. The SMILES string of the molecule is Cc1cnc([C@@H](C)[C@@H](C)S(=O)(=O)Nc2nnc(-c3cccc(C)n3)n2-c2c(F)cccc2F)cn1. The highest BCUT2D eigenvalue weighted by Crippen LogP contribution is 2.30. The molecule has 0 bridgehead atoms. The molecule has 0 amide bonds. The normalized spacial score (nSPS) is 13.4. The Morgan fingerprint density at radius 1 is 0.914 bits per heavy atom. The van der Waals surface area contributed by atoms with Gasteiger partial charge in [-0.25, -0.2) is 22.2 Å². The standard InChI is InChI=1S/C23H23F2N7O2S/c1-13-7-5-10-19(28-13)22-29-30-23(32(22)21-17(24)8-6-9-18(21)25)31-35(33,34)16(4)15(3)20-12-26-14(2)11-27-20/h5-12,15-16H,1-4H3,(H,30,31)/t15-,16+/m0/s1. The van der Waals surface area contributed by atoms with Crippen LogP contribution in [0.2, 0.25) is 0 Å². The van der Waals surface area contributed by atoms with E-state index in [1.165, 1.54) is 19.2 Å². The zero-order valence-corrected chi connectivity index (χ0v) is 20.3. The summed E-state index contributed by atoms with van der Waals surface area (Å²) >= 11 is 0. The number of rotatable bonds is 7. The molecule has 0 spiro atoms. The first-order chi connectivity index (χ1) is 16.6. The van der Waals surface area contributed by atoms with Crippen molar-refractivity contribution in [3.8, 4) is 17.2 Å². The highest BCUT2D eigenvalue weighted by atomic mass is 32.2. The number of para-hydroxylation sites is 1. The Balaban J connectivity index is 1.79. The van der Waals surface area contributed by atoms with Crippen molar-refractivity contribution < 1.29 is 17.2 Å². The Bertz CT molecular complexity index is 1450. The highest BCUT2D eigenvalue weighted by Gasteiger charge is 2.32. The molecule has 3 heterocycles. The molecule has 0 aliphatic carbocycles. The van der Waals surface area contributed by atoms with E-state index in [0.29, 0.717) is 17.1 Å². The van der Waals surface area contributed by atoms with Gasteiger partial charge in [-0.05, 0) is 45.0 Å². The highest BCUT2D eigenvalue weighted by molar-refractivity contribution is 7.93. The molecule has 12 heteroatoms. The van der Waals surface area contributed by atoms with E-state index < -0.39 is 38.5 Å². The van der Waals surface area contributed by atoms with E-state index in [1.807, 2.05) is 0 Å². The van der Waals surface area contributed by atoms with E-state index in [1.54, 1.807) is 45.2 Å². The second-order valence-electron chi connectivity index (χ2n) is 8.14. The van der Waals surface area contributed by atoms with Crippen LogP contribution in [0, 0.1) is 25.5 Å². The molecular weight excluding hydrogens is 476 g/mol. The number of hydrogen-bond donors (Lipinski definition) is 1. The molecule has 0 unspecified atom stereocenters. The lowest BCUT2D eigenvalue weighted by molar-refractivity contribution is 0.566. The lowest BCUT2D eigenvalue weighted by Crippen LogP contribution is -2.31. The van der Waals surface area contributed by atoms with Crippen LogP contribution in [0.1, 0.15) is 36.8 Å². The minimum Gasteiger partial charge on any atom is -0.258 e. The minimum atomic E-state index is -4.11. The van der Waals surface area contributed by atoms with Crippen molar-refractivity contribution in [2.75, 3.05) is 4.72 Å². The Hall–Kier alpha value is -3.80. The molecule has 0 saturated carbocycles. The molecule has 182 valence electrons. The number of anilines is 1. The summed E-state index contributed by atoms with van der Waals surface area (Å²) in [4.78, 5) is 12.8. The van der Waals surface area contributed by atoms with Gasteiger partial charge in [-0.2, -0.15) is 0 Å². The van der Waals surface area contributed by atoms with Gasteiger partial charge in [0.1, 0.15) is 23.0 Å². The maximum absolute atomic E-state index is 14.8. The van der Waals surface area contributed by atoms with Crippen LogP contribution in [0.25, 0.3) is 17.2 Å². The number of hydrogen-bond acceptors (Lipinski definition) is 7. The third kappa shape index (κ3) is 4.87. The number of nitrogens with one attached hydrogen (secondary N) is 1. The number of halogens is 2. The van der Waals surface area contributed by atoms with Crippen LogP contribution in [-0.4, -0.2) is 43.4 Å². The van der Waals surface area contributed by atoms with Crippen LogP contribution < -0.4 is 4.72 Å². The Labute approximate surface area is 201 Å². The van der Waals surface area contributed by atoms with Crippen LogP contribution >= 0.6 is 0 Å². The molecule has 1 N–H and O–H groups in total. The fraction of sp³-hybridized carbons (Fsp3) is 0.261. The molecule has 2 atom stereocenters. The van der Waals surface area contributed by atoms with Gasteiger partial charge < -0.3 is 0 Å². The van der Waals surface area contributed by atoms with Crippen molar-refractivity contribution in [1.29, 1.82) is 0 Å². The lowest BCUT2D eigenvalue weighted by atomic mass is 10.1. The van der Waals surface area contributed by atoms with Crippen molar-refractivity contribution in [3.63, 3.8) is 0 Å². The molecule has 0 aliphatic rings. The molecular formula is C23H23F2N7O2S. The van der Waals surface area contributed by atoms with Gasteiger partial charge >= 0.3 is 0 Å². The predicted molar refractivity (Wildman–Crippen MR) is 126 cm³/mol. The molecule has 0 saturated heterocycles. The Morgan fingerprint density at radius 2 is 1.60 bits per heavy atom. The molecule has 4 rings (SSSR count). The first kappa shape index (κ1) is 24.3. The van der Waals surface area contributed by atoms with E-state index in [2.05, 4.69) is 29.9 Å². The molecule has 0 fully saturated rings. The molecule has 9 nitrogen and oxygen atoms in total. The van der Waals surface area contributed by atoms with Crippen molar-refractivity contribution in [1.82, 2.24) is 29.7 Å². The smallest absolute Gasteiger partial charge is 0.243 e. The molecule has 1 aromatic carbocycles. The van der Waals surface area contributed by atoms with Crippen LogP contribution in [0.4, 0.5) is 14.7 Å². The summed E-state index contributed by atoms with van der Waals surface area (Å²) in [5.41, 5.74) is 1.56. The largest absolute Gasteiger partial charge is 0.258 e. The van der Waals surface area contributed by atoms with Crippen LogP contribution in [0.15, 0.2) is 48.8 Å². The van der Waals surface area contributed by atoms with Crippen LogP contribution in [0.3, 0.4) is 0 Å². The van der Waals surface area contributed by atoms with E-state index in [0.717, 1.165) is 16.7 Å². The summed E-state index contributed by atoms with van der Waals surface area (Å²) in [5, 5.41) is 6.93. The fourth-order valence-corrected chi connectivity index (χ4v) is 4.71. The molecule has 0 radical (unpaired) electrons. The monoisotopic (exact) mass is 499 g/mol. The van der Waals surface area contributed by atoms with E-state index >= 15 is 0 Å². The molecule has 4 aromatic rings. The van der Waals surface area contributed by atoms with Crippen LogP contribution in [0.5, 0.6) is 0 Å². The second kappa shape index (κ2) is 9.45. The van der Waals surface area contributed by atoms with Crippen molar-refractivity contribution in [2.45, 2.75) is 38.9 Å². The maximum atomic E-state index is 14.8. The zero-order valence-electron chi connectivity index (χ0n) is 19.4. The third-order valence-electron chi connectivity index (χ3n) is 5.64. The maximum Gasteiger partial charge on any atom is 0.243 e. The number of nitrogens with zero attached hydrogens (tertiary/aromatic N) is 6. The summed E-state index contributed by atoms with van der Waals surface area (Å²) in [7, 11) is -4.11. The summed E-state index contributed by atoms with van der Waals surface area (Å²) in [6, 6.07) is 8.36. The molecule has 35 heavy (non-hydrogen) atoms. The zero-order chi connectivity index (χ0) is 25.3. The Kier molecular flexibility index (Phi) is 6.57. The van der Waals surface area contributed by atoms with Gasteiger partial charge in [0.05, 0.1) is 16.6 Å². The van der Waals surface area contributed by atoms with Gasteiger partial charge in [0.15, 0.2) is 5.82 Å². The first-order valence-electron chi connectivity index (χ1n) is 10.7. The van der Waals surface area contributed by atoms with E-state index in [-0.39, 0.29) is 17.5 Å². The topological polar surface area (TPSA) is 116 Å². The average Bonchev–Trinajstić information content (AvgIpc) is 3.21. The summed E-state index contributed by atoms with van der Waals surface area (Å²) in [5.74, 6) is -2.78. The summed E-state index contributed by atoms with van der Waals surface area (Å²) < 4.78 is 59.5. The van der Waals surface area contributed by atoms with Crippen LogP contribution in [-0.2, 0) is 10.0 Å². The minimum absolute atomic E-state index is 0.0273. The fourth-order valence-electron chi connectivity index (χ4n) is 3.47. The lowest BCUT2D eigenvalue weighted by Gasteiger charge is -2.21. The average molecular weight is 500 g/mol. The molecule has 0 aliphatic heterocycles. The van der Waals surface area contributed by atoms with Gasteiger partial charge in [0.25, 0.3) is 0 Å². The number of benzene rings is 1. The van der Waals surface area contributed by atoms with Gasteiger partial charge in [-0.15, -0.1) is 10.2 Å². The first-order valence-corrected chi connectivity index (χ1v) is 12.3.